The Labute approximate surface area is 151 Å². The van der Waals surface area contributed by atoms with E-state index in [0.717, 1.165) is 38.5 Å². The highest BCUT2D eigenvalue weighted by Gasteiger charge is 2.55. The Morgan fingerprint density at radius 1 is 1.24 bits per heavy atom. The van der Waals surface area contributed by atoms with Gasteiger partial charge in [0.05, 0.1) is 12.2 Å². The molecule has 2 N–H and O–H groups in total. The van der Waals surface area contributed by atoms with E-state index < -0.39 is 16.0 Å². The Morgan fingerprint density at radius 2 is 1.96 bits per heavy atom. The Kier molecular flexibility index (Phi) is 4.89. The monoisotopic (exact) mass is 372 g/mol. The summed E-state index contributed by atoms with van der Waals surface area (Å²) in [5.41, 5.74) is 1.09. The van der Waals surface area contributed by atoms with Crippen LogP contribution in [-0.2, 0) is 14.6 Å². The van der Waals surface area contributed by atoms with E-state index in [-0.39, 0.29) is 17.4 Å². The number of rotatable bonds is 4. The molecule has 0 aromatic heterocycles. The Bertz CT molecular complexity index is 653. The second kappa shape index (κ2) is 6.32. The molecule has 2 fully saturated rings. The number of allylic oxidation sites excluding steroid dienone is 2. The molecule has 3 rings (SSSR count). The fourth-order valence-electron chi connectivity index (χ4n) is 6.05. The van der Waals surface area contributed by atoms with Gasteiger partial charge in [-0.2, -0.15) is 8.42 Å². The average Bonchev–Trinajstić information content (AvgIpc) is 2.44. The predicted molar refractivity (Wildman–Crippen MR) is 96.3 cm³/mol. The molecule has 5 atom stereocenters. The molecule has 3 aliphatic rings. The van der Waals surface area contributed by atoms with E-state index >= 15 is 0 Å². The Balaban J connectivity index is 1.73. The lowest BCUT2D eigenvalue weighted by molar-refractivity contribution is -0.121. The summed E-state index contributed by atoms with van der Waals surface area (Å²) in [6.07, 6.45) is 10.1. The lowest BCUT2D eigenvalue weighted by Crippen LogP contribution is -2.54. The summed E-state index contributed by atoms with van der Waals surface area (Å²) in [5, 5.41) is 10.9. The van der Waals surface area contributed by atoms with Crippen molar-refractivity contribution >= 4 is 10.4 Å². The van der Waals surface area contributed by atoms with Crippen molar-refractivity contribution in [3.8, 4) is 0 Å². The molecule has 5 nitrogen and oxygen atoms in total. The van der Waals surface area contributed by atoms with E-state index in [1.807, 2.05) is 6.92 Å². The Hall–Kier alpha value is -0.430. The smallest absolute Gasteiger partial charge is 0.390 e. The molecule has 0 unspecified atom stereocenters. The van der Waals surface area contributed by atoms with Gasteiger partial charge in [0.15, 0.2) is 0 Å². The highest BCUT2D eigenvalue weighted by molar-refractivity contribution is 7.80. The van der Waals surface area contributed by atoms with Crippen molar-refractivity contribution in [1.29, 1.82) is 0 Å². The molecule has 6 heteroatoms. The van der Waals surface area contributed by atoms with Gasteiger partial charge in [0.25, 0.3) is 0 Å². The van der Waals surface area contributed by atoms with E-state index in [4.69, 9.17) is 4.55 Å². The minimum Gasteiger partial charge on any atom is -0.390 e. The molecule has 0 radical (unpaired) electrons. The van der Waals surface area contributed by atoms with Crippen LogP contribution in [0.3, 0.4) is 0 Å². The van der Waals surface area contributed by atoms with E-state index in [1.165, 1.54) is 12.0 Å². The maximum atomic E-state index is 10.9. The summed E-state index contributed by atoms with van der Waals surface area (Å²) < 4.78 is 34.8. The average molecular weight is 373 g/mol. The van der Waals surface area contributed by atoms with Gasteiger partial charge in [0.2, 0.25) is 0 Å². The van der Waals surface area contributed by atoms with Gasteiger partial charge in [-0.15, -0.1) is 0 Å². The van der Waals surface area contributed by atoms with E-state index in [0.29, 0.717) is 18.3 Å². The molecule has 0 saturated heterocycles. The first-order valence-electron chi connectivity index (χ1n) is 9.48. The molecule has 0 spiro atoms. The van der Waals surface area contributed by atoms with Crippen molar-refractivity contribution in [3.05, 3.63) is 11.6 Å². The molecule has 0 bridgehead atoms. The van der Waals surface area contributed by atoms with Crippen LogP contribution < -0.4 is 0 Å². The summed E-state index contributed by atoms with van der Waals surface area (Å²) in [4.78, 5) is 0. The number of hydrogen-bond donors (Lipinski definition) is 2. The minimum absolute atomic E-state index is 0.00735. The summed E-state index contributed by atoms with van der Waals surface area (Å²) >= 11 is 0. The highest BCUT2D eigenvalue weighted by Crippen LogP contribution is 2.61. The molecule has 0 aromatic rings. The molecular weight excluding hydrogens is 340 g/mol. The fraction of sp³-hybridized carbons (Fsp3) is 0.895. The van der Waals surface area contributed by atoms with Crippen LogP contribution in [0, 0.1) is 22.7 Å². The van der Waals surface area contributed by atoms with Crippen molar-refractivity contribution in [1.82, 2.24) is 0 Å². The molecule has 0 aliphatic heterocycles. The largest absolute Gasteiger partial charge is 0.397 e. The van der Waals surface area contributed by atoms with Gasteiger partial charge < -0.3 is 5.11 Å². The van der Waals surface area contributed by atoms with Crippen LogP contribution in [0.25, 0.3) is 0 Å². The van der Waals surface area contributed by atoms with Crippen LogP contribution >= 0.6 is 0 Å². The summed E-state index contributed by atoms with van der Waals surface area (Å²) in [5.74, 6) is 0.850. The normalized spacial score (nSPS) is 44.6. The first-order chi connectivity index (χ1) is 11.5. The predicted octanol–water partition coefficient (Wildman–Crippen LogP) is 3.89. The van der Waals surface area contributed by atoms with Gasteiger partial charge in [-0.3, -0.25) is 4.55 Å². The molecular formula is C19H32O5S. The van der Waals surface area contributed by atoms with Crippen molar-refractivity contribution in [2.24, 2.45) is 22.7 Å². The number of aliphatic hydroxyl groups is 1. The lowest BCUT2D eigenvalue weighted by atomic mass is 9.48. The van der Waals surface area contributed by atoms with Crippen LogP contribution in [0.1, 0.15) is 72.1 Å². The third-order valence-corrected chi connectivity index (χ3v) is 7.87. The van der Waals surface area contributed by atoms with Crippen LogP contribution in [0.5, 0.6) is 0 Å². The second-order valence-electron chi connectivity index (χ2n) is 9.36. The summed E-state index contributed by atoms with van der Waals surface area (Å²) in [7, 11) is -4.36. The summed E-state index contributed by atoms with van der Waals surface area (Å²) in [6, 6.07) is 0. The Morgan fingerprint density at radius 3 is 2.64 bits per heavy atom. The molecule has 144 valence electrons. The van der Waals surface area contributed by atoms with E-state index in [1.54, 1.807) is 0 Å². The zero-order valence-corrected chi connectivity index (χ0v) is 16.4. The van der Waals surface area contributed by atoms with Crippen LogP contribution in [-0.4, -0.2) is 30.3 Å². The maximum Gasteiger partial charge on any atom is 0.397 e. The van der Waals surface area contributed by atoms with Crippen molar-refractivity contribution in [3.63, 3.8) is 0 Å². The standard InChI is InChI=1S/C19H32O5S/c1-17(11-12-24-25(21,22)23)10-7-15-14(13-17)5-6-16-18(15,2)8-4-9-19(16,3)20/h5,15-16,20H,4,6-13H2,1-3H3,(H,21,22,23)/t15-,16+,17+,18+,19+/m0/s1. The topological polar surface area (TPSA) is 83.8 Å². The first kappa shape index (κ1) is 19.3. The van der Waals surface area contributed by atoms with E-state index in [2.05, 4.69) is 24.1 Å². The van der Waals surface area contributed by atoms with Gasteiger partial charge >= 0.3 is 10.4 Å². The maximum absolute atomic E-state index is 10.9. The lowest BCUT2D eigenvalue weighted by Gasteiger charge is -2.58. The van der Waals surface area contributed by atoms with Crippen LogP contribution in [0.15, 0.2) is 11.6 Å². The van der Waals surface area contributed by atoms with Crippen molar-refractivity contribution in [2.45, 2.75) is 77.7 Å². The third kappa shape index (κ3) is 3.82. The van der Waals surface area contributed by atoms with Gasteiger partial charge in [-0.25, -0.2) is 4.18 Å². The quantitative estimate of drug-likeness (QED) is 0.578. The summed E-state index contributed by atoms with van der Waals surface area (Å²) in [6.45, 7) is 6.59. The van der Waals surface area contributed by atoms with Gasteiger partial charge in [-0.1, -0.05) is 31.9 Å². The fourth-order valence-corrected chi connectivity index (χ4v) is 6.35. The molecule has 2 saturated carbocycles. The van der Waals surface area contributed by atoms with E-state index in [9.17, 15) is 13.5 Å². The van der Waals surface area contributed by atoms with Crippen LogP contribution in [0.4, 0.5) is 0 Å². The zero-order valence-electron chi connectivity index (χ0n) is 15.6. The minimum atomic E-state index is -4.36. The molecule has 25 heavy (non-hydrogen) atoms. The SMILES string of the molecule is C[C@]1(CCOS(=O)(=O)O)CC[C@H]2C(=CC[C@@H]3[C@]2(C)CCC[C@@]3(C)O)C1. The van der Waals surface area contributed by atoms with Gasteiger partial charge in [-0.05, 0) is 74.5 Å². The molecule has 3 aliphatic carbocycles. The van der Waals surface area contributed by atoms with Crippen molar-refractivity contribution < 1.29 is 22.3 Å². The molecule has 0 aromatic carbocycles. The van der Waals surface area contributed by atoms with Gasteiger partial charge in [0, 0.05) is 0 Å². The highest BCUT2D eigenvalue weighted by atomic mass is 32.3. The first-order valence-corrected chi connectivity index (χ1v) is 10.8. The molecule has 0 amide bonds. The van der Waals surface area contributed by atoms with Gasteiger partial charge in [0.1, 0.15) is 0 Å². The number of hydrogen-bond acceptors (Lipinski definition) is 4. The molecule has 0 heterocycles. The second-order valence-corrected chi connectivity index (χ2v) is 10.5. The zero-order chi connectivity index (χ0) is 18.5. The third-order valence-electron chi connectivity index (χ3n) is 7.41. The van der Waals surface area contributed by atoms with Crippen LogP contribution in [0.2, 0.25) is 0 Å². The number of fused-ring (bicyclic) bond motifs is 3. The van der Waals surface area contributed by atoms with Crippen molar-refractivity contribution in [2.75, 3.05) is 6.61 Å².